The summed E-state index contributed by atoms with van der Waals surface area (Å²) in [7, 11) is 0.216. The molecule has 2 aromatic heterocycles. The summed E-state index contributed by atoms with van der Waals surface area (Å²) in [6.07, 6.45) is 3.43. The van der Waals surface area contributed by atoms with Gasteiger partial charge in [0.25, 0.3) is 0 Å². The summed E-state index contributed by atoms with van der Waals surface area (Å²) in [4.78, 5) is 4.36. The van der Waals surface area contributed by atoms with Gasteiger partial charge in [-0.1, -0.05) is 0 Å². The van der Waals surface area contributed by atoms with Gasteiger partial charge in [0, 0.05) is 0 Å². The van der Waals surface area contributed by atoms with Crippen molar-refractivity contribution in [1.29, 1.82) is 0 Å². The Balaban J connectivity index is 1.85. The van der Waals surface area contributed by atoms with Crippen molar-refractivity contribution in [1.82, 2.24) is 4.98 Å². The molecule has 96 valence electrons. The van der Waals surface area contributed by atoms with Crippen molar-refractivity contribution >= 4 is 21.2 Å². The van der Waals surface area contributed by atoms with Crippen LogP contribution in [0.5, 0.6) is 5.88 Å². The quantitative estimate of drug-likeness (QED) is 0.598. The standard InChI is InChI=1S/C14H15BNO2P/c1-2-10-17-13-7-5-8-14(16-13)19-18-11-12-6-3-4-9-15-12/h2-10,19H,11H2,1H3. The second-order valence-corrected chi connectivity index (χ2v) is 4.83. The van der Waals surface area contributed by atoms with Gasteiger partial charge in [0.2, 0.25) is 0 Å². The maximum atomic E-state index is 5.66. The van der Waals surface area contributed by atoms with E-state index in [1.807, 2.05) is 62.3 Å². The number of rotatable bonds is 6. The van der Waals surface area contributed by atoms with E-state index in [-0.39, 0.29) is 8.81 Å². The van der Waals surface area contributed by atoms with Crippen molar-refractivity contribution in [3.63, 3.8) is 0 Å². The average molecular weight is 271 g/mol. The number of hydrogen-bond donors (Lipinski definition) is 0. The van der Waals surface area contributed by atoms with Gasteiger partial charge in [0.05, 0.1) is 0 Å². The molecule has 0 aromatic carbocycles. The van der Waals surface area contributed by atoms with Crippen LogP contribution in [0.15, 0.2) is 54.7 Å². The molecular weight excluding hydrogens is 256 g/mol. The van der Waals surface area contributed by atoms with Gasteiger partial charge in [-0.3, -0.25) is 0 Å². The molecule has 1 unspecified atom stereocenters. The molecule has 0 saturated carbocycles. The van der Waals surface area contributed by atoms with E-state index < -0.39 is 0 Å². The molecular formula is C14H15BNO2P. The molecule has 19 heavy (non-hydrogen) atoms. The maximum absolute atomic E-state index is 5.66. The Hall–Kier alpha value is -1.51. The van der Waals surface area contributed by atoms with Gasteiger partial charge in [-0.2, -0.15) is 0 Å². The molecule has 0 N–H and O–H groups in total. The average Bonchev–Trinajstić information content (AvgIpc) is 2.47. The Labute approximate surface area is 115 Å². The predicted octanol–water partition coefficient (Wildman–Crippen LogP) is 2.77. The fourth-order valence-electron chi connectivity index (χ4n) is 1.44. The van der Waals surface area contributed by atoms with Gasteiger partial charge in [-0.15, -0.1) is 0 Å². The van der Waals surface area contributed by atoms with E-state index in [1.165, 1.54) is 0 Å². The van der Waals surface area contributed by atoms with Gasteiger partial charge in [0.15, 0.2) is 0 Å². The van der Waals surface area contributed by atoms with Crippen LogP contribution in [0.4, 0.5) is 0 Å². The molecule has 2 heterocycles. The molecule has 2 rings (SSSR count). The first-order valence-electron chi connectivity index (χ1n) is 6.05. The van der Waals surface area contributed by atoms with Crippen molar-refractivity contribution < 1.29 is 9.26 Å². The van der Waals surface area contributed by atoms with Crippen LogP contribution in [0.2, 0.25) is 0 Å². The number of nitrogens with zero attached hydrogens (tertiary/aromatic N) is 1. The molecule has 3 nitrogen and oxygen atoms in total. The summed E-state index contributed by atoms with van der Waals surface area (Å²) < 4.78 is 11.0. The second kappa shape index (κ2) is 7.83. The Bertz CT molecular complexity index is 534. The van der Waals surface area contributed by atoms with Crippen LogP contribution in [0.25, 0.3) is 0 Å². The summed E-state index contributed by atoms with van der Waals surface area (Å²) in [6.45, 7) is 4.54. The number of pyridine rings is 1. The predicted molar refractivity (Wildman–Crippen MR) is 80.2 cm³/mol. The van der Waals surface area contributed by atoms with Crippen molar-refractivity contribution in [2.24, 2.45) is 0 Å². The number of hydrogen-bond acceptors (Lipinski definition) is 3. The van der Waals surface area contributed by atoms with E-state index in [0.717, 1.165) is 10.9 Å². The fraction of sp³-hybridized carbons (Fsp3) is 0.143. The minimum absolute atomic E-state index is 0.216. The molecule has 5 heteroatoms. The van der Waals surface area contributed by atoms with Crippen molar-refractivity contribution in [3.8, 4) is 5.88 Å². The summed E-state index contributed by atoms with van der Waals surface area (Å²) >= 11 is 0. The summed E-state index contributed by atoms with van der Waals surface area (Å²) in [5.74, 6) is 2.59. The molecule has 0 radical (unpaired) electrons. The van der Waals surface area contributed by atoms with Crippen LogP contribution in [0.1, 0.15) is 12.4 Å². The Morgan fingerprint density at radius 3 is 3.00 bits per heavy atom. The molecule has 0 aliphatic heterocycles. The van der Waals surface area contributed by atoms with E-state index in [1.54, 1.807) is 6.26 Å². The van der Waals surface area contributed by atoms with Gasteiger partial charge < -0.3 is 0 Å². The van der Waals surface area contributed by atoms with E-state index in [2.05, 4.69) is 4.98 Å². The second-order valence-electron chi connectivity index (χ2n) is 3.82. The molecule has 0 saturated heterocycles. The van der Waals surface area contributed by atoms with Crippen molar-refractivity contribution in [2.45, 2.75) is 13.5 Å². The fourth-order valence-corrected chi connectivity index (χ4v) is 2.15. The zero-order chi connectivity index (χ0) is 13.3. The van der Waals surface area contributed by atoms with E-state index in [9.17, 15) is 0 Å². The van der Waals surface area contributed by atoms with E-state index in [4.69, 9.17) is 9.26 Å². The first-order chi connectivity index (χ1) is 9.38. The third-order valence-corrected chi connectivity index (χ3v) is 3.08. The van der Waals surface area contributed by atoms with Crippen LogP contribution in [0, 0.1) is 0 Å². The monoisotopic (exact) mass is 271 g/mol. The molecule has 1 atom stereocenters. The summed E-state index contributed by atoms with van der Waals surface area (Å²) in [5, 5.41) is 0. The van der Waals surface area contributed by atoms with Crippen LogP contribution >= 0.6 is 8.81 Å². The topological polar surface area (TPSA) is 31.4 Å². The summed E-state index contributed by atoms with van der Waals surface area (Å²) in [5.41, 5.74) is 2.05. The SMILES string of the molecule is CC=COc1cccc(POCc2bcccc2)n1. The zero-order valence-corrected chi connectivity index (χ0v) is 11.7. The minimum atomic E-state index is 0.216. The van der Waals surface area contributed by atoms with Crippen molar-refractivity contribution in [3.05, 3.63) is 60.2 Å². The molecule has 0 aliphatic rings. The normalized spacial score (nSPS) is 11.2. The van der Waals surface area contributed by atoms with Gasteiger partial charge >= 0.3 is 115 Å². The van der Waals surface area contributed by atoms with Gasteiger partial charge in [-0.25, -0.2) is 0 Å². The molecule has 0 spiro atoms. The number of allylic oxidation sites excluding steroid dienone is 1. The number of ether oxygens (including phenoxy) is 1. The van der Waals surface area contributed by atoms with Crippen LogP contribution in [-0.4, -0.2) is 11.9 Å². The molecule has 0 bridgehead atoms. The molecule has 0 aliphatic carbocycles. The first kappa shape index (κ1) is 13.9. The third kappa shape index (κ3) is 4.94. The van der Waals surface area contributed by atoms with Crippen LogP contribution in [-0.2, 0) is 11.1 Å². The van der Waals surface area contributed by atoms with E-state index >= 15 is 0 Å². The van der Waals surface area contributed by atoms with Gasteiger partial charge in [0.1, 0.15) is 0 Å². The van der Waals surface area contributed by atoms with Crippen molar-refractivity contribution in [2.75, 3.05) is 0 Å². The Morgan fingerprint density at radius 1 is 1.26 bits per heavy atom. The van der Waals surface area contributed by atoms with E-state index in [0.29, 0.717) is 12.5 Å². The number of aromatic nitrogens is 1. The molecule has 0 fully saturated rings. The van der Waals surface area contributed by atoms with Crippen LogP contribution < -0.4 is 10.2 Å². The zero-order valence-electron chi connectivity index (χ0n) is 10.7. The molecule has 0 amide bonds. The Morgan fingerprint density at radius 2 is 2.21 bits per heavy atom. The van der Waals surface area contributed by atoms with Crippen LogP contribution in [0.3, 0.4) is 0 Å². The van der Waals surface area contributed by atoms with Gasteiger partial charge in [-0.05, 0) is 0 Å². The molecule has 2 aromatic rings. The third-order valence-electron chi connectivity index (χ3n) is 2.31. The summed E-state index contributed by atoms with van der Waals surface area (Å²) in [6, 6.07) is 11.7. The Kier molecular flexibility index (Phi) is 5.73. The first-order valence-corrected chi connectivity index (χ1v) is 6.96.